The van der Waals surface area contributed by atoms with Crippen LogP contribution in [0.1, 0.15) is 16.7 Å². The smallest absolute Gasteiger partial charge is 0.221 e. The van der Waals surface area contributed by atoms with Crippen LogP contribution in [0.25, 0.3) is 67.5 Å². The van der Waals surface area contributed by atoms with Crippen LogP contribution >= 0.6 is 0 Å². The lowest BCUT2D eigenvalue weighted by molar-refractivity contribution is 0.538. The Morgan fingerprint density at radius 1 is 0.400 bits per heavy atom. The first-order chi connectivity index (χ1) is 27.0. The average Bonchev–Trinajstić information content (AvgIpc) is 3.27. The molecule has 8 aromatic rings. The van der Waals surface area contributed by atoms with Crippen LogP contribution in [0.15, 0.2) is 182 Å². The molecule has 0 saturated heterocycles. The van der Waals surface area contributed by atoms with Crippen molar-refractivity contribution in [1.82, 2.24) is 15.0 Å². The number of hydrogen-bond donors (Lipinski definition) is 2. The molecule has 0 atom stereocenters. The number of nitrogens with zero attached hydrogens (tertiary/aromatic N) is 4. The van der Waals surface area contributed by atoms with E-state index in [0.717, 1.165) is 50.1 Å². The van der Waals surface area contributed by atoms with Gasteiger partial charge in [-0.15, -0.1) is 0 Å². The predicted octanol–water partition coefficient (Wildman–Crippen LogP) is 11.1. The molecule has 0 radical (unpaired) electrons. The van der Waals surface area contributed by atoms with Gasteiger partial charge < -0.3 is 4.74 Å². The van der Waals surface area contributed by atoms with Gasteiger partial charge in [-0.25, -0.2) is 15.0 Å². The highest BCUT2D eigenvalue weighted by Gasteiger charge is 2.17. The lowest BCUT2D eigenvalue weighted by Gasteiger charge is -2.13. The third-order valence-electron chi connectivity index (χ3n) is 9.21. The number of rotatable bonds is 8. The number of nitriles is 1. The van der Waals surface area contributed by atoms with Gasteiger partial charge in [0.2, 0.25) is 11.8 Å². The van der Waals surface area contributed by atoms with E-state index in [-0.39, 0.29) is 11.8 Å². The van der Waals surface area contributed by atoms with Crippen molar-refractivity contribution in [1.29, 1.82) is 16.1 Å². The summed E-state index contributed by atoms with van der Waals surface area (Å²) in [5, 5.41) is 26.5. The number of benzene rings is 7. The van der Waals surface area contributed by atoms with Gasteiger partial charge in [-0.2, -0.15) is 5.26 Å². The summed E-state index contributed by atoms with van der Waals surface area (Å²) in [7, 11) is 0. The summed E-state index contributed by atoms with van der Waals surface area (Å²) < 4.78 is 5.55. The van der Waals surface area contributed by atoms with Crippen molar-refractivity contribution in [2.75, 3.05) is 0 Å². The van der Waals surface area contributed by atoms with Crippen molar-refractivity contribution < 1.29 is 4.74 Å². The molecule has 0 aliphatic heterocycles. The first-order valence-electron chi connectivity index (χ1n) is 17.7. The highest BCUT2D eigenvalue weighted by Crippen LogP contribution is 2.35. The van der Waals surface area contributed by atoms with Crippen LogP contribution in [-0.4, -0.2) is 26.7 Å². The van der Waals surface area contributed by atoms with Crippen LogP contribution in [0.3, 0.4) is 0 Å². The minimum atomic E-state index is -0.0895. The minimum Gasteiger partial charge on any atom is -0.421 e. The molecular weight excluding hydrogens is 677 g/mol. The number of hydrogen-bond acceptors (Lipinski definition) is 7. The van der Waals surface area contributed by atoms with Crippen molar-refractivity contribution in [3.8, 4) is 73.6 Å². The van der Waals surface area contributed by atoms with Gasteiger partial charge in [-0.05, 0) is 75.8 Å². The molecular formula is C48H32N6O. The summed E-state index contributed by atoms with van der Waals surface area (Å²) in [6, 6.07) is 60.8. The van der Waals surface area contributed by atoms with Crippen LogP contribution in [0, 0.1) is 22.1 Å². The maximum Gasteiger partial charge on any atom is 0.221 e. The molecule has 260 valence electrons. The molecule has 7 aromatic carbocycles. The van der Waals surface area contributed by atoms with Crippen LogP contribution in [0.5, 0.6) is 0 Å². The molecule has 0 fully saturated rings. The van der Waals surface area contributed by atoms with Crippen LogP contribution in [0.2, 0.25) is 0 Å². The first kappa shape index (κ1) is 34.3. The first-order valence-corrected chi connectivity index (χ1v) is 17.7. The minimum absolute atomic E-state index is 0.0721. The van der Waals surface area contributed by atoms with E-state index >= 15 is 0 Å². The van der Waals surface area contributed by atoms with E-state index in [1.165, 1.54) is 0 Å². The molecule has 0 saturated carbocycles. The zero-order valence-electron chi connectivity index (χ0n) is 29.5. The second-order valence-corrected chi connectivity index (χ2v) is 12.7. The molecule has 1 heterocycles. The number of nitrogens with one attached hydrogen (secondary N) is 2. The topological polar surface area (TPSA) is 119 Å². The maximum atomic E-state index is 9.78. The Balaban J connectivity index is 1.14. The average molecular weight is 709 g/mol. The van der Waals surface area contributed by atoms with E-state index < -0.39 is 0 Å². The number of aromatic nitrogens is 3. The predicted molar refractivity (Wildman–Crippen MR) is 218 cm³/mol. The zero-order valence-corrected chi connectivity index (χ0v) is 29.5. The Kier molecular flexibility index (Phi) is 9.61. The molecule has 0 spiro atoms. The van der Waals surface area contributed by atoms with Crippen molar-refractivity contribution >= 4 is 11.8 Å². The summed E-state index contributed by atoms with van der Waals surface area (Å²) in [6.07, 6.45) is 0. The Labute approximate surface area is 318 Å². The fourth-order valence-corrected chi connectivity index (χ4v) is 6.42. The molecule has 55 heavy (non-hydrogen) atoms. The van der Waals surface area contributed by atoms with Crippen LogP contribution in [-0.2, 0) is 4.74 Å². The van der Waals surface area contributed by atoms with Crippen molar-refractivity contribution in [3.63, 3.8) is 0 Å². The van der Waals surface area contributed by atoms with Gasteiger partial charge in [0.25, 0.3) is 0 Å². The van der Waals surface area contributed by atoms with Gasteiger partial charge in [0.1, 0.15) is 0 Å². The van der Waals surface area contributed by atoms with Gasteiger partial charge in [-0.3, -0.25) is 10.8 Å². The lowest BCUT2D eigenvalue weighted by Crippen LogP contribution is -2.12. The van der Waals surface area contributed by atoms with Gasteiger partial charge in [0, 0.05) is 27.8 Å². The van der Waals surface area contributed by atoms with Crippen LogP contribution < -0.4 is 0 Å². The monoisotopic (exact) mass is 708 g/mol. The standard InChI is InChI=1S/C48H32N6O/c49-31-40-17-7-8-22-41(40)37-19-12-21-39(30-37)47-52-46(35-15-5-2-6-16-35)53-48(54-47)43-24-10-9-23-42(43)38-20-11-18-36(29-38)32-25-27-34(28-26-32)45(51)55-44(50)33-13-3-1-4-14-33/h1-30,50-51H. The van der Waals surface area contributed by atoms with Crippen molar-refractivity contribution in [3.05, 3.63) is 199 Å². The second kappa shape index (κ2) is 15.4. The Morgan fingerprint density at radius 2 is 0.873 bits per heavy atom. The van der Waals surface area contributed by atoms with Gasteiger partial charge in [0.15, 0.2) is 17.5 Å². The third kappa shape index (κ3) is 7.43. The Morgan fingerprint density at radius 3 is 1.56 bits per heavy atom. The lowest BCUT2D eigenvalue weighted by atomic mass is 9.95. The second-order valence-electron chi connectivity index (χ2n) is 12.7. The van der Waals surface area contributed by atoms with E-state index in [1.54, 1.807) is 12.1 Å². The molecule has 7 heteroatoms. The van der Waals surface area contributed by atoms with Gasteiger partial charge in [0.05, 0.1) is 11.6 Å². The van der Waals surface area contributed by atoms with Crippen molar-refractivity contribution in [2.45, 2.75) is 0 Å². The molecule has 0 unspecified atom stereocenters. The largest absolute Gasteiger partial charge is 0.421 e. The number of ether oxygens (including phenoxy) is 1. The molecule has 2 N–H and O–H groups in total. The van der Waals surface area contributed by atoms with E-state index in [4.69, 9.17) is 30.5 Å². The van der Waals surface area contributed by atoms with Crippen LogP contribution in [0.4, 0.5) is 0 Å². The van der Waals surface area contributed by atoms with Gasteiger partial charge >= 0.3 is 0 Å². The third-order valence-corrected chi connectivity index (χ3v) is 9.21. The Bertz CT molecular complexity index is 2720. The summed E-state index contributed by atoms with van der Waals surface area (Å²) in [5.41, 5.74) is 9.99. The molecule has 7 nitrogen and oxygen atoms in total. The molecule has 0 aliphatic carbocycles. The zero-order chi connectivity index (χ0) is 37.6. The van der Waals surface area contributed by atoms with E-state index in [2.05, 4.69) is 30.3 Å². The summed E-state index contributed by atoms with van der Waals surface area (Å²) >= 11 is 0. The SMILES string of the molecule is N#Cc1ccccc1-c1cccc(-c2nc(-c3ccccc3)nc(-c3ccccc3-c3cccc(-c4ccc(C(=N)OC(=N)c5ccccc5)cc4)c3)n2)c1. The molecule has 8 rings (SSSR count). The maximum absolute atomic E-state index is 9.78. The van der Waals surface area contributed by atoms with E-state index in [9.17, 15) is 5.26 Å². The fraction of sp³-hybridized carbons (Fsp3) is 0. The molecule has 0 bridgehead atoms. The summed E-state index contributed by atoms with van der Waals surface area (Å²) in [5.74, 6) is 1.46. The molecule has 0 amide bonds. The quantitative estimate of drug-likeness (QED) is 0.120. The summed E-state index contributed by atoms with van der Waals surface area (Å²) in [4.78, 5) is 15.1. The molecule has 0 aliphatic rings. The van der Waals surface area contributed by atoms with E-state index in [0.29, 0.717) is 34.2 Å². The van der Waals surface area contributed by atoms with Crippen molar-refractivity contribution in [2.24, 2.45) is 0 Å². The highest BCUT2D eigenvalue weighted by atomic mass is 16.5. The Hall–Kier alpha value is -7.82. The van der Waals surface area contributed by atoms with Gasteiger partial charge in [-0.1, -0.05) is 140 Å². The fourth-order valence-electron chi connectivity index (χ4n) is 6.42. The normalized spacial score (nSPS) is 10.7. The molecule has 1 aromatic heterocycles. The highest BCUT2D eigenvalue weighted by molar-refractivity contribution is 6.04. The van der Waals surface area contributed by atoms with E-state index in [1.807, 2.05) is 146 Å². The summed E-state index contributed by atoms with van der Waals surface area (Å²) in [6.45, 7) is 0.